The van der Waals surface area contributed by atoms with Crippen LogP contribution in [-0.4, -0.2) is 22.6 Å². The van der Waals surface area contributed by atoms with Crippen molar-refractivity contribution in [1.82, 2.24) is 4.90 Å². The minimum atomic E-state index is -0.467. The lowest BCUT2D eigenvalue weighted by atomic mass is 10.00. The summed E-state index contributed by atoms with van der Waals surface area (Å²) in [4.78, 5) is 14.5. The molecule has 1 aliphatic rings. The monoisotopic (exact) mass is 413 g/mol. The molecule has 0 spiro atoms. The highest BCUT2D eigenvalue weighted by Gasteiger charge is 2.29. The van der Waals surface area contributed by atoms with Crippen molar-refractivity contribution in [2.24, 2.45) is 0 Å². The largest absolute Gasteiger partial charge is 0.444 e. The van der Waals surface area contributed by atoms with Crippen molar-refractivity contribution >= 4 is 28.7 Å². The average molecular weight is 413 g/mol. The maximum Gasteiger partial charge on any atom is 0.410 e. The molecule has 0 N–H and O–H groups in total. The molecule has 0 saturated heterocycles. The molecule has 0 aromatic heterocycles. The molecule has 0 fully saturated rings. The van der Waals surface area contributed by atoms with Gasteiger partial charge in [0.15, 0.2) is 0 Å². The smallest absolute Gasteiger partial charge is 0.410 e. The first-order valence-electron chi connectivity index (χ1n) is 7.73. The van der Waals surface area contributed by atoms with Gasteiger partial charge in [-0.3, -0.25) is 0 Å². The van der Waals surface area contributed by atoms with Crippen LogP contribution < -0.4 is 0 Å². The number of rotatable bonds is 3. The summed E-state index contributed by atoms with van der Waals surface area (Å²) in [5.41, 5.74) is 0.669. The van der Waals surface area contributed by atoms with Crippen LogP contribution in [0.15, 0.2) is 40.0 Å². The molecule has 1 aromatic rings. The molecule has 1 aromatic carbocycles. The molecule has 3 nitrogen and oxygen atoms in total. The van der Waals surface area contributed by atoms with Crippen LogP contribution in [-0.2, 0) is 11.3 Å². The topological polar surface area (TPSA) is 29.5 Å². The summed E-state index contributed by atoms with van der Waals surface area (Å²) in [7, 11) is 0. The summed E-state index contributed by atoms with van der Waals surface area (Å²) in [5.74, 6) is 0. The first-order valence-corrected chi connectivity index (χ1v) is 8.81. The molecule has 1 amide bonds. The average Bonchev–Trinajstić information content (AvgIpc) is 2.45. The van der Waals surface area contributed by atoms with E-state index in [4.69, 9.17) is 4.74 Å². The summed E-state index contributed by atoms with van der Waals surface area (Å²) < 4.78 is 7.00. The van der Waals surface area contributed by atoms with Gasteiger partial charge in [-0.05, 0) is 71.8 Å². The Morgan fingerprint density at radius 2 is 2.00 bits per heavy atom. The molecule has 0 saturated carbocycles. The van der Waals surface area contributed by atoms with Crippen LogP contribution in [0, 0.1) is 0 Å². The molecule has 2 rings (SSSR count). The second-order valence-corrected chi connectivity index (χ2v) is 8.06. The number of carbonyl (C=O) groups is 1. The third-order valence-corrected chi connectivity index (χ3v) is 4.57. The van der Waals surface area contributed by atoms with E-state index in [9.17, 15) is 4.79 Å². The Labute approximate surface area is 146 Å². The zero-order chi connectivity index (χ0) is 16.2. The fourth-order valence-corrected chi connectivity index (χ4v) is 3.08. The van der Waals surface area contributed by atoms with Crippen LogP contribution in [0.2, 0.25) is 0 Å². The van der Waals surface area contributed by atoms with E-state index in [0.717, 1.165) is 24.8 Å². The minimum Gasteiger partial charge on any atom is -0.444 e. The van der Waals surface area contributed by atoms with Crippen molar-refractivity contribution in [1.29, 1.82) is 0 Å². The number of ether oxygens (including phenoxy) is 1. The van der Waals surface area contributed by atoms with Gasteiger partial charge in [-0.15, -0.1) is 0 Å². The van der Waals surface area contributed by atoms with Crippen LogP contribution in [0.4, 0.5) is 4.79 Å². The van der Waals surface area contributed by atoms with E-state index in [0.29, 0.717) is 6.54 Å². The van der Waals surface area contributed by atoms with Gasteiger partial charge in [0.05, 0.1) is 0 Å². The lowest BCUT2D eigenvalue weighted by Gasteiger charge is -2.34. The van der Waals surface area contributed by atoms with E-state index in [1.807, 2.05) is 43.9 Å². The molecule has 0 aliphatic heterocycles. The third-order valence-electron chi connectivity index (χ3n) is 3.59. The molecule has 0 radical (unpaired) electrons. The quantitative estimate of drug-likeness (QED) is 0.630. The highest BCUT2D eigenvalue weighted by atomic mass is 127. The van der Waals surface area contributed by atoms with Gasteiger partial charge in [0, 0.05) is 12.6 Å². The number of benzene rings is 1. The highest BCUT2D eigenvalue weighted by Crippen LogP contribution is 2.28. The summed E-state index contributed by atoms with van der Waals surface area (Å²) in [6.45, 7) is 6.34. The number of hydrogen-bond donors (Lipinski definition) is 0. The number of hydrogen-bond acceptors (Lipinski definition) is 2. The number of allylic oxidation sites excluding steroid dienone is 1. The zero-order valence-electron chi connectivity index (χ0n) is 13.5. The molecule has 0 heterocycles. The first kappa shape index (κ1) is 17.3. The SMILES string of the molecule is CC(C)(C)OC(=O)N(Cc1ccccc1)C1CC=C(I)CC1. The Balaban J connectivity index is 2.15. The Hall–Kier alpha value is -1.04. The Morgan fingerprint density at radius 3 is 2.55 bits per heavy atom. The standard InChI is InChI=1S/C18H24INO2/c1-18(2,3)22-17(21)20(13-14-7-5-4-6-8-14)16-11-9-15(19)10-12-16/h4-9,16H,10-13H2,1-3H3. The molecular weight excluding hydrogens is 389 g/mol. The summed E-state index contributed by atoms with van der Waals surface area (Å²) in [6, 6.07) is 10.3. The van der Waals surface area contributed by atoms with Gasteiger partial charge in [0.2, 0.25) is 0 Å². The molecule has 1 atom stereocenters. The van der Waals surface area contributed by atoms with Crippen molar-refractivity contribution in [2.45, 2.75) is 58.2 Å². The van der Waals surface area contributed by atoms with Crippen molar-refractivity contribution in [3.63, 3.8) is 0 Å². The van der Waals surface area contributed by atoms with Crippen LogP contribution >= 0.6 is 22.6 Å². The third kappa shape index (κ3) is 5.30. The summed E-state index contributed by atoms with van der Waals surface area (Å²) in [6.07, 6.45) is 4.97. The summed E-state index contributed by atoms with van der Waals surface area (Å²) in [5, 5.41) is 0. The molecule has 4 heteroatoms. The van der Waals surface area contributed by atoms with E-state index >= 15 is 0 Å². The highest BCUT2D eigenvalue weighted by molar-refractivity contribution is 14.1. The molecule has 120 valence electrons. The maximum atomic E-state index is 12.6. The van der Waals surface area contributed by atoms with Crippen LogP contribution in [0.3, 0.4) is 0 Å². The lowest BCUT2D eigenvalue weighted by molar-refractivity contribution is 0.0129. The lowest BCUT2D eigenvalue weighted by Crippen LogP contribution is -2.43. The molecular formula is C18H24INO2. The van der Waals surface area contributed by atoms with Gasteiger partial charge in [0.25, 0.3) is 0 Å². The second-order valence-electron chi connectivity index (χ2n) is 6.67. The van der Waals surface area contributed by atoms with Crippen LogP contribution in [0.5, 0.6) is 0 Å². The van der Waals surface area contributed by atoms with Crippen molar-refractivity contribution in [3.8, 4) is 0 Å². The molecule has 1 unspecified atom stereocenters. The predicted octanol–water partition coefficient (Wildman–Crippen LogP) is 5.30. The van der Waals surface area contributed by atoms with E-state index < -0.39 is 5.60 Å². The van der Waals surface area contributed by atoms with Crippen LogP contribution in [0.1, 0.15) is 45.6 Å². The molecule has 0 bridgehead atoms. The van der Waals surface area contributed by atoms with Gasteiger partial charge in [0.1, 0.15) is 5.60 Å². The minimum absolute atomic E-state index is 0.216. The first-order chi connectivity index (χ1) is 10.3. The molecule has 22 heavy (non-hydrogen) atoms. The molecule has 1 aliphatic carbocycles. The van der Waals surface area contributed by atoms with Gasteiger partial charge in [-0.2, -0.15) is 0 Å². The number of amides is 1. The second kappa shape index (κ2) is 7.49. The normalized spacial score (nSPS) is 18.5. The van der Waals surface area contributed by atoms with E-state index in [-0.39, 0.29) is 12.1 Å². The van der Waals surface area contributed by atoms with Gasteiger partial charge in [-0.1, -0.05) is 36.4 Å². The fourth-order valence-electron chi connectivity index (χ4n) is 2.51. The predicted molar refractivity (Wildman–Crippen MR) is 98.0 cm³/mol. The van der Waals surface area contributed by atoms with Crippen molar-refractivity contribution in [2.75, 3.05) is 0 Å². The number of carbonyl (C=O) groups excluding carboxylic acids is 1. The van der Waals surface area contributed by atoms with E-state index in [2.05, 4.69) is 40.8 Å². The fraction of sp³-hybridized carbons (Fsp3) is 0.500. The van der Waals surface area contributed by atoms with Crippen LogP contribution in [0.25, 0.3) is 0 Å². The van der Waals surface area contributed by atoms with Crippen molar-refractivity contribution < 1.29 is 9.53 Å². The van der Waals surface area contributed by atoms with Gasteiger partial charge in [-0.25, -0.2) is 4.79 Å². The van der Waals surface area contributed by atoms with E-state index in [1.165, 1.54) is 3.58 Å². The van der Waals surface area contributed by atoms with Gasteiger partial charge >= 0.3 is 6.09 Å². The van der Waals surface area contributed by atoms with E-state index in [1.54, 1.807) is 0 Å². The number of halogens is 1. The zero-order valence-corrected chi connectivity index (χ0v) is 15.7. The van der Waals surface area contributed by atoms with Gasteiger partial charge < -0.3 is 9.64 Å². The Kier molecular flexibility index (Phi) is 5.89. The maximum absolute atomic E-state index is 12.6. The Morgan fingerprint density at radius 1 is 1.32 bits per heavy atom. The number of nitrogens with zero attached hydrogens (tertiary/aromatic N) is 1. The summed E-state index contributed by atoms with van der Waals surface area (Å²) >= 11 is 2.38. The van der Waals surface area contributed by atoms with Crippen molar-refractivity contribution in [3.05, 3.63) is 45.6 Å². The Bertz CT molecular complexity index is 534.